The number of rotatable bonds is 8. The Hall–Kier alpha value is -1.44. The SMILES string of the molecule is CCNC(=O)CCNS(=O)(=O)c1cccc(C(N)CC)c1. The molecule has 0 aromatic heterocycles. The van der Waals surface area contributed by atoms with Crippen molar-refractivity contribution < 1.29 is 13.2 Å². The fraction of sp³-hybridized carbons (Fsp3) is 0.500. The van der Waals surface area contributed by atoms with Crippen molar-refractivity contribution in [2.45, 2.75) is 37.6 Å². The van der Waals surface area contributed by atoms with Crippen LogP contribution in [-0.2, 0) is 14.8 Å². The first-order valence-corrected chi connectivity index (χ1v) is 8.51. The van der Waals surface area contributed by atoms with Crippen molar-refractivity contribution in [1.29, 1.82) is 0 Å². The molecule has 0 bridgehead atoms. The van der Waals surface area contributed by atoms with Gasteiger partial charge in [-0.15, -0.1) is 0 Å². The van der Waals surface area contributed by atoms with Gasteiger partial charge in [-0.1, -0.05) is 19.1 Å². The van der Waals surface area contributed by atoms with Crippen molar-refractivity contribution >= 4 is 15.9 Å². The van der Waals surface area contributed by atoms with Gasteiger partial charge in [0.2, 0.25) is 15.9 Å². The Morgan fingerprint density at radius 2 is 2.05 bits per heavy atom. The quantitative estimate of drug-likeness (QED) is 0.663. The second-order valence-electron chi connectivity index (χ2n) is 4.69. The van der Waals surface area contributed by atoms with E-state index in [1.165, 1.54) is 6.07 Å². The van der Waals surface area contributed by atoms with E-state index in [0.717, 1.165) is 12.0 Å². The number of sulfonamides is 1. The van der Waals surface area contributed by atoms with Gasteiger partial charge >= 0.3 is 0 Å². The molecule has 0 spiro atoms. The van der Waals surface area contributed by atoms with Gasteiger partial charge in [-0.25, -0.2) is 13.1 Å². The molecule has 0 fully saturated rings. The molecule has 4 N–H and O–H groups in total. The van der Waals surface area contributed by atoms with Gasteiger partial charge < -0.3 is 11.1 Å². The lowest BCUT2D eigenvalue weighted by molar-refractivity contribution is -0.120. The summed E-state index contributed by atoms with van der Waals surface area (Å²) in [5, 5.41) is 2.61. The van der Waals surface area contributed by atoms with Crippen LogP contribution in [0, 0.1) is 0 Å². The molecule has 0 aliphatic carbocycles. The largest absolute Gasteiger partial charge is 0.356 e. The summed E-state index contributed by atoms with van der Waals surface area (Å²) in [4.78, 5) is 11.5. The summed E-state index contributed by atoms with van der Waals surface area (Å²) in [7, 11) is -3.62. The first-order chi connectivity index (χ1) is 9.90. The molecule has 1 amide bonds. The van der Waals surface area contributed by atoms with Crippen molar-refractivity contribution in [1.82, 2.24) is 10.0 Å². The Kier molecular flexibility index (Phi) is 6.80. The summed E-state index contributed by atoms with van der Waals surface area (Å²) >= 11 is 0. The van der Waals surface area contributed by atoms with E-state index in [2.05, 4.69) is 10.0 Å². The molecule has 118 valence electrons. The summed E-state index contributed by atoms with van der Waals surface area (Å²) in [5.41, 5.74) is 6.69. The second kappa shape index (κ2) is 8.11. The molecule has 1 rings (SSSR count). The van der Waals surface area contributed by atoms with E-state index >= 15 is 0 Å². The monoisotopic (exact) mass is 313 g/mol. The maximum atomic E-state index is 12.2. The third kappa shape index (κ3) is 5.45. The normalized spacial score (nSPS) is 12.9. The van der Waals surface area contributed by atoms with Crippen molar-refractivity contribution in [3.05, 3.63) is 29.8 Å². The number of carbonyl (C=O) groups excluding carboxylic acids is 1. The van der Waals surface area contributed by atoms with Crippen LogP contribution in [0.1, 0.15) is 38.3 Å². The summed E-state index contributed by atoms with van der Waals surface area (Å²) in [5.74, 6) is -0.179. The lowest BCUT2D eigenvalue weighted by atomic mass is 10.1. The van der Waals surface area contributed by atoms with Gasteiger partial charge in [-0.3, -0.25) is 4.79 Å². The van der Waals surface area contributed by atoms with E-state index in [9.17, 15) is 13.2 Å². The molecular weight excluding hydrogens is 290 g/mol. The van der Waals surface area contributed by atoms with Crippen molar-refractivity contribution in [3.8, 4) is 0 Å². The Labute approximate surface area is 126 Å². The summed E-state index contributed by atoms with van der Waals surface area (Å²) in [6, 6.07) is 6.38. The van der Waals surface area contributed by atoms with Crippen molar-refractivity contribution in [2.75, 3.05) is 13.1 Å². The molecule has 1 aromatic carbocycles. The molecule has 21 heavy (non-hydrogen) atoms. The van der Waals surface area contributed by atoms with Gasteiger partial charge in [0, 0.05) is 25.6 Å². The third-order valence-corrected chi connectivity index (χ3v) is 4.51. The van der Waals surface area contributed by atoms with E-state index in [1.807, 2.05) is 19.9 Å². The average molecular weight is 313 g/mol. The molecule has 0 aliphatic heterocycles. The molecular formula is C14H23N3O3S. The highest BCUT2D eigenvalue weighted by Crippen LogP contribution is 2.18. The van der Waals surface area contributed by atoms with Gasteiger partial charge in [0.15, 0.2) is 0 Å². The smallest absolute Gasteiger partial charge is 0.240 e. The van der Waals surface area contributed by atoms with E-state index in [0.29, 0.717) is 6.54 Å². The Balaban J connectivity index is 2.72. The lowest BCUT2D eigenvalue weighted by Crippen LogP contribution is -2.30. The fourth-order valence-corrected chi connectivity index (χ4v) is 2.90. The van der Waals surface area contributed by atoms with Crippen LogP contribution in [0.5, 0.6) is 0 Å². The van der Waals surface area contributed by atoms with Gasteiger partial charge in [0.25, 0.3) is 0 Å². The highest BCUT2D eigenvalue weighted by molar-refractivity contribution is 7.89. The highest BCUT2D eigenvalue weighted by atomic mass is 32.2. The Bertz CT molecular complexity index is 573. The van der Waals surface area contributed by atoms with Crippen LogP contribution in [0.25, 0.3) is 0 Å². The van der Waals surface area contributed by atoms with Crippen LogP contribution in [0.2, 0.25) is 0 Å². The fourth-order valence-electron chi connectivity index (χ4n) is 1.82. The number of hydrogen-bond donors (Lipinski definition) is 3. The molecule has 0 heterocycles. The number of benzene rings is 1. The van der Waals surface area contributed by atoms with Crippen LogP contribution in [0.4, 0.5) is 0 Å². The van der Waals surface area contributed by atoms with Crippen LogP contribution in [0.15, 0.2) is 29.2 Å². The first-order valence-electron chi connectivity index (χ1n) is 7.02. The second-order valence-corrected chi connectivity index (χ2v) is 6.46. The molecule has 0 aliphatic rings. The van der Waals surface area contributed by atoms with Crippen LogP contribution in [-0.4, -0.2) is 27.4 Å². The van der Waals surface area contributed by atoms with Gasteiger partial charge in [0.1, 0.15) is 0 Å². The average Bonchev–Trinajstić information content (AvgIpc) is 2.46. The van der Waals surface area contributed by atoms with E-state index in [4.69, 9.17) is 5.73 Å². The summed E-state index contributed by atoms with van der Waals surface area (Å²) in [6.07, 6.45) is 0.843. The van der Waals surface area contributed by atoms with Gasteiger partial charge in [0.05, 0.1) is 4.90 Å². The number of amides is 1. The number of carbonyl (C=O) groups is 1. The van der Waals surface area contributed by atoms with Crippen LogP contribution >= 0.6 is 0 Å². The van der Waals surface area contributed by atoms with Crippen molar-refractivity contribution in [3.63, 3.8) is 0 Å². The molecule has 6 nitrogen and oxygen atoms in total. The number of nitrogens with two attached hydrogens (primary N) is 1. The van der Waals surface area contributed by atoms with Crippen LogP contribution in [0.3, 0.4) is 0 Å². The van der Waals surface area contributed by atoms with E-state index in [-0.39, 0.29) is 29.8 Å². The lowest BCUT2D eigenvalue weighted by Gasteiger charge is -2.12. The Morgan fingerprint density at radius 3 is 2.67 bits per heavy atom. The Morgan fingerprint density at radius 1 is 1.33 bits per heavy atom. The molecule has 1 atom stereocenters. The first kappa shape index (κ1) is 17.6. The zero-order valence-corrected chi connectivity index (χ0v) is 13.2. The minimum atomic E-state index is -3.62. The third-order valence-electron chi connectivity index (χ3n) is 3.05. The molecule has 1 unspecified atom stereocenters. The zero-order chi connectivity index (χ0) is 15.9. The predicted molar refractivity (Wildman–Crippen MR) is 82.2 cm³/mol. The van der Waals surface area contributed by atoms with E-state index in [1.54, 1.807) is 12.1 Å². The summed E-state index contributed by atoms with van der Waals surface area (Å²) < 4.78 is 26.7. The van der Waals surface area contributed by atoms with Gasteiger partial charge in [-0.2, -0.15) is 0 Å². The van der Waals surface area contributed by atoms with Crippen molar-refractivity contribution in [2.24, 2.45) is 5.73 Å². The standard InChI is InChI=1S/C14H23N3O3S/c1-3-13(15)11-6-5-7-12(10-11)21(19,20)17-9-8-14(18)16-4-2/h5-7,10,13,17H,3-4,8-9,15H2,1-2H3,(H,16,18). The topological polar surface area (TPSA) is 101 Å². The maximum absolute atomic E-state index is 12.2. The molecule has 7 heteroatoms. The minimum Gasteiger partial charge on any atom is -0.356 e. The molecule has 0 radical (unpaired) electrons. The minimum absolute atomic E-state index is 0.0677. The predicted octanol–water partition coefficient (Wildman–Crippen LogP) is 0.901. The van der Waals surface area contributed by atoms with Crippen LogP contribution < -0.4 is 15.8 Å². The van der Waals surface area contributed by atoms with E-state index < -0.39 is 10.0 Å². The highest BCUT2D eigenvalue weighted by Gasteiger charge is 2.15. The molecule has 0 saturated carbocycles. The summed E-state index contributed by atoms with van der Waals surface area (Å²) in [6.45, 7) is 4.35. The maximum Gasteiger partial charge on any atom is 0.240 e. The number of hydrogen-bond acceptors (Lipinski definition) is 4. The molecule has 0 saturated heterocycles. The molecule has 1 aromatic rings. The number of nitrogens with one attached hydrogen (secondary N) is 2. The zero-order valence-electron chi connectivity index (χ0n) is 12.4. The van der Waals surface area contributed by atoms with Gasteiger partial charge in [-0.05, 0) is 31.0 Å².